The summed E-state index contributed by atoms with van der Waals surface area (Å²) in [5, 5.41) is 3.40. The SMILES string of the molecule is CC(C)OCCCNCc1cc(Br)ccc1OCc1ccccc1F.Cl. The lowest BCUT2D eigenvalue weighted by Gasteiger charge is -2.14. The lowest BCUT2D eigenvalue weighted by Crippen LogP contribution is -2.18. The molecule has 0 saturated heterocycles. The number of halogens is 3. The topological polar surface area (TPSA) is 30.5 Å². The summed E-state index contributed by atoms with van der Waals surface area (Å²) in [7, 11) is 0. The lowest BCUT2D eigenvalue weighted by molar-refractivity contribution is 0.0770. The van der Waals surface area contributed by atoms with Crippen LogP contribution in [0.4, 0.5) is 4.39 Å². The Bertz CT molecular complexity index is 670. The standard InChI is InChI=1S/C20H25BrFNO2.ClH/c1-15(2)24-11-5-10-23-13-17-12-18(21)8-9-20(17)25-14-16-6-3-4-7-19(16)22;/h3-4,6-9,12,15,23H,5,10-11,13-14H2,1-2H3;1H. The third-order valence-electron chi connectivity index (χ3n) is 3.63. The van der Waals surface area contributed by atoms with E-state index < -0.39 is 0 Å². The molecule has 0 aliphatic rings. The highest BCUT2D eigenvalue weighted by molar-refractivity contribution is 9.10. The minimum atomic E-state index is -0.246. The lowest BCUT2D eigenvalue weighted by atomic mass is 10.2. The van der Waals surface area contributed by atoms with Crippen molar-refractivity contribution in [2.75, 3.05) is 13.2 Å². The minimum absolute atomic E-state index is 0. The average molecular weight is 447 g/mol. The van der Waals surface area contributed by atoms with Gasteiger partial charge in [-0.05, 0) is 51.1 Å². The molecule has 26 heavy (non-hydrogen) atoms. The van der Waals surface area contributed by atoms with Gasteiger partial charge in [-0.1, -0.05) is 34.1 Å². The van der Waals surface area contributed by atoms with Crippen molar-refractivity contribution in [3.8, 4) is 5.75 Å². The Morgan fingerprint density at radius 3 is 2.62 bits per heavy atom. The summed E-state index contributed by atoms with van der Waals surface area (Å²) in [6.07, 6.45) is 1.22. The molecule has 0 atom stereocenters. The Kier molecular flexibility index (Phi) is 10.8. The van der Waals surface area contributed by atoms with Crippen LogP contribution in [0.3, 0.4) is 0 Å². The molecule has 144 valence electrons. The van der Waals surface area contributed by atoms with E-state index in [1.54, 1.807) is 12.1 Å². The van der Waals surface area contributed by atoms with E-state index >= 15 is 0 Å². The van der Waals surface area contributed by atoms with Crippen LogP contribution in [0.2, 0.25) is 0 Å². The van der Waals surface area contributed by atoms with Crippen LogP contribution in [-0.2, 0) is 17.9 Å². The fourth-order valence-corrected chi connectivity index (χ4v) is 2.75. The van der Waals surface area contributed by atoms with Crippen LogP contribution >= 0.6 is 28.3 Å². The maximum Gasteiger partial charge on any atom is 0.129 e. The summed E-state index contributed by atoms with van der Waals surface area (Å²) >= 11 is 3.49. The molecule has 0 aliphatic carbocycles. The first-order valence-electron chi connectivity index (χ1n) is 8.53. The Labute approximate surface area is 169 Å². The normalized spacial score (nSPS) is 10.7. The van der Waals surface area contributed by atoms with Crippen molar-refractivity contribution in [1.82, 2.24) is 5.32 Å². The zero-order valence-electron chi connectivity index (χ0n) is 15.1. The van der Waals surface area contributed by atoms with E-state index in [0.29, 0.717) is 12.1 Å². The van der Waals surface area contributed by atoms with Crippen molar-refractivity contribution in [2.24, 2.45) is 0 Å². The third kappa shape index (κ3) is 8.04. The van der Waals surface area contributed by atoms with Gasteiger partial charge in [-0.2, -0.15) is 0 Å². The van der Waals surface area contributed by atoms with E-state index in [4.69, 9.17) is 9.47 Å². The van der Waals surface area contributed by atoms with Gasteiger partial charge in [-0.3, -0.25) is 0 Å². The highest BCUT2D eigenvalue weighted by Crippen LogP contribution is 2.24. The van der Waals surface area contributed by atoms with Gasteiger partial charge in [0.25, 0.3) is 0 Å². The Hall–Kier alpha value is -1.14. The van der Waals surface area contributed by atoms with Crippen LogP contribution in [0, 0.1) is 5.82 Å². The Morgan fingerprint density at radius 1 is 1.12 bits per heavy atom. The number of rotatable bonds is 10. The van der Waals surface area contributed by atoms with E-state index in [1.165, 1.54) is 6.07 Å². The van der Waals surface area contributed by atoms with E-state index in [2.05, 4.69) is 21.2 Å². The predicted molar refractivity (Wildman–Crippen MR) is 110 cm³/mol. The molecule has 0 spiro atoms. The van der Waals surface area contributed by atoms with Crippen molar-refractivity contribution in [2.45, 2.75) is 39.5 Å². The summed E-state index contributed by atoms with van der Waals surface area (Å²) in [5.74, 6) is 0.516. The smallest absolute Gasteiger partial charge is 0.129 e. The van der Waals surface area contributed by atoms with Gasteiger partial charge in [0, 0.05) is 28.8 Å². The highest BCUT2D eigenvalue weighted by Gasteiger charge is 2.07. The number of hydrogen-bond acceptors (Lipinski definition) is 3. The molecule has 3 nitrogen and oxygen atoms in total. The monoisotopic (exact) mass is 445 g/mol. The van der Waals surface area contributed by atoms with Crippen molar-refractivity contribution >= 4 is 28.3 Å². The number of nitrogens with one attached hydrogen (secondary N) is 1. The van der Waals surface area contributed by atoms with E-state index in [1.807, 2.05) is 38.1 Å². The fraction of sp³-hybridized carbons (Fsp3) is 0.400. The molecule has 2 aromatic rings. The van der Waals surface area contributed by atoms with E-state index in [9.17, 15) is 4.39 Å². The van der Waals surface area contributed by atoms with Gasteiger partial charge in [0.1, 0.15) is 18.2 Å². The van der Waals surface area contributed by atoms with E-state index in [0.717, 1.165) is 35.4 Å². The predicted octanol–water partition coefficient (Wildman–Crippen LogP) is 5.49. The highest BCUT2D eigenvalue weighted by atomic mass is 79.9. The molecule has 0 saturated carbocycles. The zero-order chi connectivity index (χ0) is 18.1. The third-order valence-corrected chi connectivity index (χ3v) is 4.12. The van der Waals surface area contributed by atoms with Gasteiger partial charge in [-0.15, -0.1) is 12.4 Å². The second-order valence-electron chi connectivity index (χ2n) is 6.08. The quantitative estimate of drug-likeness (QED) is 0.489. The summed E-state index contributed by atoms with van der Waals surface area (Å²) in [5.41, 5.74) is 1.59. The van der Waals surface area contributed by atoms with Crippen LogP contribution in [0.25, 0.3) is 0 Å². The molecular weight excluding hydrogens is 421 g/mol. The number of benzene rings is 2. The minimum Gasteiger partial charge on any atom is -0.488 e. The molecule has 1 N–H and O–H groups in total. The van der Waals surface area contributed by atoms with Crippen LogP contribution in [0.15, 0.2) is 46.9 Å². The fourth-order valence-electron chi connectivity index (χ4n) is 2.34. The number of hydrogen-bond donors (Lipinski definition) is 1. The molecule has 2 aromatic carbocycles. The number of ether oxygens (including phenoxy) is 2. The van der Waals surface area contributed by atoms with E-state index in [-0.39, 0.29) is 30.9 Å². The van der Waals surface area contributed by atoms with Crippen molar-refractivity contribution < 1.29 is 13.9 Å². The zero-order valence-corrected chi connectivity index (χ0v) is 17.5. The first-order valence-corrected chi connectivity index (χ1v) is 9.32. The van der Waals surface area contributed by atoms with Gasteiger partial charge in [0.2, 0.25) is 0 Å². The largest absolute Gasteiger partial charge is 0.488 e. The first-order chi connectivity index (χ1) is 12.1. The van der Waals surface area contributed by atoms with Crippen molar-refractivity contribution in [3.05, 3.63) is 63.9 Å². The molecule has 0 heterocycles. The molecule has 0 aliphatic heterocycles. The second-order valence-corrected chi connectivity index (χ2v) is 7.00. The van der Waals surface area contributed by atoms with Gasteiger partial charge in [-0.25, -0.2) is 4.39 Å². The molecule has 0 bridgehead atoms. The van der Waals surface area contributed by atoms with Crippen LogP contribution in [0.1, 0.15) is 31.4 Å². The molecule has 0 aromatic heterocycles. The van der Waals surface area contributed by atoms with Crippen molar-refractivity contribution in [3.63, 3.8) is 0 Å². The van der Waals surface area contributed by atoms with Gasteiger partial charge in [0.05, 0.1) is 6.10 Å². The Morgan fingerprint density at radius 2 is 1.88 bits per heavy atom. The molecule has 6 heteroatoms. The molecule has 0 unspecified atom stereocenters. The Balaban J connectivity index is 0.00000338. The molecule has 2 rings (SSSR count). The molecular formula is C20H26BrClFNO2. The van der Waals surface area contributed by atoms with Gasteiger partial charge in [0.15, 0.2) is 0 Å². The van der Waals surface area contributed by atoms with Crippen LogP contribution in [-0.4, -0.2) is 19.3 Å². The molecule has 0 radical (unpaired) electrons. The molecule has 0 amide bonds. The summed E-state index contributed by atoms with van der Waals surface area (Å²) in [6, 6.07) is 12.5. The average Bonchev–Trinajstić information content (AvgIpc) is 2.58. The van der Waals surface area contributed by atoms with Crippen LogP contribution < -0.4 is 10.1 Å². The maximum absolute atomic E-state index is 13.7. The van der Waals surface area contributed by atoms with Gasteiger partial charge < -0.3 is 14.8 Å². The van der Waals surface area contributed by atoms with Crippen LogP contribution in [0.5, 0.6) is 5.75 Å². The summed E-state index contributed by atoms with van der Waals surface area (Å²) in [4.78, 5) is 0. The molecule has 0 fully saturated rings. The summed E-state index contributed by atoms with van der Waals surface area (Å²) < 4.78 is 26.1. The first kappa shape index (κ1) is 22.9. The maximum atomic E-state index is 13.7. The summed E-state index contributed by atoms with van der Waals surface area (Å²) in [6.45, 7) is 6.59. The second kappa shape index (κ2) is 12.3. The van der Waals surface area contributed by atoms with Gasteiger partial charge >= 0.3 is 0 Å². The van der Waals surface area contributed by atoms with Crippen molar-refractivity contribution in [1.29, 1.82) is 0 Å².